The first-order valence-corrected chi connectivity index (χ1v) is 17.8. The Morgan fingerprint density at radius 2 is 1.61 bits per heavy atom. The molecule has 1 aliphatic rings. The molecule has 2 atom stereocenters. The number of rotatable bonds is 11. The number of hydrogen-bond donors (Lipinski definition) is 1. The van der Waals surface area contributed by atoms with Crippen LogP contribution in [0.1, 0.15) is 65.5 Å². The minimum absolute atomic E-state index is 0.0437. The van der Waals surface area contributed by atoms with Gasteiger partial charge in [0.15, 0.2) is 0 Å². The standard InChI is InChI=1S/C40H50N6O8/c1-39(2,3)53-37(49)45-25-29(23-32(45)35(47)51-8)46(38(50)54-40(4,5)6)33-20-13-19-31(43-33)30-18-12-17-28(24-41)34(30)42-21-14-22-44(7)36(48)52-26-27-15-10-9-11-16-27/h9-13,15-20,29,32,42H,14,21-23,25-26H2,1-8H3/t29-,32-/m0/s1. The summed E-state index contributed by atoms with van der Waals surface area (Å²) >= 11 is 0. The number of nitrogens with one attached hydrogen (secondary N) is 1. The molecule has 1 N–H and O–H groups in total. The lowest BCUT2D eigenvalue weighted by molar-refractivity contribution is -0.145. The zero-order valence-corrected chi connectivity index (χ0v) is 32.3. The normalized spacial score (nSPS) is 15.4. The van der Waals surface area contributed by atoms with Gasteiger partial charge >= 0.3 is 24.2 Å². The van der Waals surface area contributed by atoms with Crippen molar-refractivity contribution in [1.82, 2.24) is 14.8 Å². The van der Waals surface area contributed by atoms with Crippen LogP contribution in [0.3, 0.4) is 0 Å². The number of anilines is 2. The summed E-state index contributed by atoms with van der Waals surface area (Å²) in [6, 6.07) is 20.3. The highest BCUT2D eigenvalue weighted by atomic mass is 16.6. The molecule has 4 rings (SSSR count). The Balaban J connectivity index is 1.58. The van der Waals surface area contributed by atoms with Crippen LogP contribution >= 0.6 is 0 Å². The number of aromatic nitrogens is 1. The van der Waals surface area contributed by atoms with E-state index >= 15 is 0 Å². The molecule has 1 aromatic heterocycles. The number of pyridine rings is 1. The summed E-state index contributed by atoms with van der Waals surface area (Å²) in [4.78, 5) is 61.7. The molecule has 14 nitrogen and oxygen atoms in total. The molecule has 54 heavy (non-hydrogen) atoms. The van der Waals surface area contributed by atoms with Crippen LogP contribution in [0.25, 0.3) is 11.3 Å². The van der Waals surface area contributed by atoms with Gasteiger partial charge in [0.25, 0.3) is 0 Å². The molecule has 2 heterocycles. The van der Waals surface area contributed by atoms with E-state index in [1.165, 1.54) is 21.8 Å². The number of carbonyl (C=O) groups excluding carboxylic acids is 4. The van der Waals surface area contributed by atoms with Gasteiger partial charge in [0.2, 0.25) is 0 Å². The summed E-state index contributed by atoms with van der Waals surface area (Å²) in [6.45, 7) is 11.3. The van der Waals surface area contributed by atoms with Crippen molar-refractivity contribution in [3.8, 4) is 17.3 Å². The van der Waals surface area contributed by atoms with E-state index in [2.05, 4.69) is 11.4 Å². The molecule has 1 fully saturated rings. The largest absolute Gasteiger partial charge is 0.467 e. The van der Waals surface area contributed by atoms with Crippen LogP contribution in [-0.2, 0) is 30.3 Å². The van der Waals surface area contributed by atoms with Gasteiger partial charge in [-0.3, -0.25) is 9.80 Å². The van der Waals surface area contributed by atoms with Crippen molar-refractivity contribution in [2.24, 2.45) is 0 Å². The van der Waals surface area contributed by atoms with E-state index in [9.17, 15) is 24.4 Å². The molecule has 0 aliphatic carbocycles. The summed E-state index contributed by atoms with van der Waals surface area (Å²) in [5, 5.41) is 13.4. The van der Waals surface area contributed by atoms with Gasteiger partial charge in [0.05, 0.1) is 30.1 Å². The topological polar surface area (TPSA) is 164 Å². The number of hydrogen-bond acceptors (Lipinski definition) is 11. The van der Waals surface area contributed by atoms with E-state index in [4.69, 9.17) is 23.9 Å². The Labute approximate surface area is 316 Å². The SMILES string of the molecule is COC(=O)[C@@H]1C[C@H](N(C(=O)OC(C)(C)C)c2cccc(-c3cccc(C#N)c3NCCCN(C)C(=O)OCc3ccccc3)n2)CN1C(=O)OC(C)(C)C. The minimum atomic E-state index is -1.02. The molecule has 14 heteroatoms. The average molecular weight is 743 g/mol. The molecule has 0 unspecified atom stereocenters. The highest BCUT2D eigenvalue weighted by molar-refractivity contribution is 5.90. The maximum Gasteiger partial charge on any atom is 0.416 e. The number of methoxy groups -OCH3 is 1. The van der Waals surface area contributed by atoms with Crippen molar-refractivity contribution in [3.05, 3.63) is 77.9 Å². The number of benzene rings is 2. The molecule has 1 aliphatic heterocycles. The summed E-state index contributed by atoms with van der Waals surface area (Å²) in [7, 11) is 2.90. The van der Waals surface area contributed by atoms with Gasteiger partial charge in [-0.05, 0) is 71.7 Å². The van der Waals surface area contributed by atoms with E-state index in [0.29, 0.717) is 42.0 Å². The second kappa shape index (κ2) is 17.8. The fraction of sp³-hybridized carbons (Fsp3) is 0.450. The van der Waals surface area contributed by atoms with E-state index in [-0.39, 0.29) is 25.4 Å². The van der Waals surface area contributed by atoms with Crippen LogP contribution in [0.15, 0.2) is 66.7 Å². The number of likely N-dealkylation sites (tertiary alicyclic amines) is 1. The van der Waals surface area contributed by atoms with Crippen molar-refractivity contribution >= 4 is 35.8 Å². The van der Waals surface area contributed by atoms with Gasteiger partial charge in [-0.2, -0.15) is 5.26 Å². The predicted octanol–water partition coefficient (Wildman–Crippen LogP) is 6.98. The van der Waals surface area contributed by atoms with E-state index in [1.807, 2.05) is 36.4 Å². The molecule has 0 radical (unpaired) electrons. The van der Waals surface area contributed by atoms with Gasteiger partial charge in [0.1, 0.15) is 35.7 Å². The van der Waals surface area contributed by atoms with Crippen LogP contribution in [-0.4, -0.2) is 96.1 Å². The number of carbonyl (C=O) groups is 4. The first-order valence-electron chi connectivity index (χ1n) is 17.8. The first kappa shape index (κ1) is 40.9. The molecular formula is C40H50N6O8. The fourth-order valence-electron chi connectivity index (χ4n) is 5.83. The Kier molecular flexibility index (Phi) is 13.5. The van der Waals surface area contributed by atoms with E-state index < -0.39 is 47.5 Å². The van der Waals surface area contributed by atoms with Crippen LogP contribution in [0.5, 0.6) is 0 Å². The third-order valence-electron chi connectivity index (χ3n) is 8.27. The lowest BCUT2D eigenvalue weighted by Crippen LogP contribution is -2.46. The van der Waals surface area contributed by atoms with Crippen LogP contribution in [0.4, 0.5) is 25.9 Å². The monoisotopic (exact) mass is 742 g/mol. The second-order valence-corrected chi connectivity index (χ2v) is 14.9. The van der Waals surface area contributed by atoms with E-state index in [1.54, 1.807) is 78.9 Å². The highest BCUT2D eigenvalue weighted by Crippen LogP contribution is 2.34. The minimum Gasteiger partial charge on any atom is -0.467 e. The Morgan fingerprint density at radius 1 is 0.926 bits per heavy atom. The first-order chi connectivity index (χ1) is 25.5. The zero-order chi connectivity index (χ0) is 39.6. The Morgan fingerprint density at radius 3 is 2.26 bits per heavy atom. The molecule has 288 valence electrons. The Bertz CT molecular complexity index is 1830. The van der Waals surface area contributed by atoms with Gasteiger partial charge in [-0.15, -0.1) is 0 Å². The lowest BCUT2D eigenvalue weighted by atomic mass is 10.0. The molecule has 3 aromatic rings. The van der Waals surface area contributed by atoms with Gasteiger partial charge < -0.3 is 29.2 Å². The van der Waals surface area contributed by atoms with Crippen molar-refractivity contribution < 1.29 is 38.1 Å². The van der Waals surface area contributed by atoms with E-state index in [0.717, 1.165) is 5.56 Å². The van der Waals surface area contributed by atoms with Crippen molar-refractivity contribution in [1.29, 1.82) is 5.26 Å². The molecule has 1 saturated heterocycles. The number of nitriles is 1. The number of esters is 1. The number of amides is 3. The maximum atomic E-state index is 13.9. The average Bonchev–Trinajstić information content (AvgIpc) is 3.56. The summed E-state index contributed by atoms with van der Waals surface area (Å²) in [5.74, 6) is -0.432. The molecule has 0 saturated carbocycles. The molecule has 3 amide bonds. The molecular weight excluding hydrogens is 692 g/mol. The summed E-state index contributed by atoms with van der Waals surface area (Å²) in [6.07, 6.45) is -1.29. The third kappa shape index (κ3) is 11.1. The van der Waals surface area contributed by atoms with Crippen molar-refractivity contribution in [2.45, 2.75) is 84.3 Å². The quantitative estimate of drug-likeness (QED) is 0.122. The summed E-state index contributed by atoms with van der Waals surface area (Å²) < 4.78 is 21.9. The number of para-hydroxylation sites is 1. The number of nitrogens with zero attached hydrogens (tertiary/aromatic N) is 5. The molecule has 0 spiro atoms. The second-order valence-electron chi connectivity index (χ2n) is 14.9. The fourth-order valence-corrected chi connectivity index (χ4v) is 5.83. The number of ether oxygens (including phenoxy) is 4. The van der Waals surface area contributed by atoms with Gasteiger partial charge in [-0.1, -0.05) is 48.5 Å². The molecule has 0 bridgehead atoms. The van der Waals surface area contributed by atoms with Gasteiger partial charge in [0, 0.05) is 38.7 Å². The van der Waals surface area contributed by atoms with Crippen LogP contribution in [0, 0.1) is 11.3 Å². The summed E-state index contributed by atoms with van der Waals surface area (Å²) in [5.41, 5.74) is 1.16. The highest BCUT2D eigenvalue weighted by Gasteiger charge is 2.46. The Hall–Kier alpha value is -5.84. The predicted molar refractivity (Wildman–Crippen MR) is 203 cm³/mol. The molecule has 2 aromatic carbocycles. The van der Waals surface area contributed by atoms with Crippen molar-refractivity contribution in [3.63, 3.8) is 0 Å². The van der Waals surface area contributed by atoms with Crippen LogP contribution < -0.4 is 10.2 Å². The maximum absolute atomic E-state index is 13.9. The van der Waals surface area contributed by atoms with Gasteiger partial charge in [-0.25, -0.2) is 24.2 Å². The smallest absolute Gasteiger partial charge is 0.416 e. The van der Waals surface area contributed by atoms with Crippen LogP contribution in [0.2, 0.25) is 0 Å². The lowest BCUT2D eigenvalue weighted by Gasteiger charge is -2.31. The zero-order valence-electron chi connectivity index (χ0n) is 32.3. The van der Waals surface area contributed by atoms with Crippen molar-refractivity contribution in [2.75, 3.05) is 44.0 Å². The third-order valence-corrected chi connectivity index (χ3v) is 8.27.